The average molecular weight is 317 g/mol. The maximum atomic E-state index is 12.2. The Balaban J connectivity index is 2.56. The largest absolute Gasteiger partial charge is 0.480 e. The smallest absolute Gasteiger partial charge is 0.326 e. The Kier molecular flexibility index (Phi) is 4.64. The predicted octanol–water partition coefficient (Wildman–Crippen LogP) is 3.08. The number of carbonyl (C=O) groups is 1. The van der Waals surface area contributed by atoms with Crippen molar-refractivity contribution in [2.75, 3.05) is 0 Å². The Labute approximate surface area is 132 Å². The fourth-order valence-corrected chi connectivity index (χ4v) is 2.43. The molecule has 1 N–H and O–H groups in total. The van der Waals surface area contributed by atoms with Crippen LogP contribution in [0.4, 0.5) is 0 Å². The molecule has 0 radical (unpaired) electrons. The summed E-state index contributed by atoms with van der Waals surface area (Å²) in [4.78, 5) is 23.3. The van der Waals surface area contributed by atoms with Gasteiger partial charge in [-0.3, -0.25) is 4.79 Å². The summed E-state index contributed by atoms with van der Waals surface area (Å²) in [6.07, 6.45) is 1.73. The molecule has 1 aromatic heterocycles. The van der Waals surface area contributed by atoms with Crippen LogP contribution >= 0.6 is 11.6 Å². The van der Waals surface area contributed by atoms with Crippen LogP contribution < -0.4 is 5.56 Å². The van der Waals surface area contributed by atoms with E-state index in [2.05, 4.69) is 0 Å². The van der Waals surface area contributed by atoms with Crippen LogP contribution in [0.15, 0.2) is 41.3 Å². The normalized spacial score (nSPS) is 11.7. The number of rotatable bonds is 4. The van der Waals surface area contributed by atoms with E-state index < -0.39 is 17.6 Å². The molecule has 0 unspecified atom stereocenters. The minimum atomic E-state index is -1.06. The minimum absolute atomic E-state index is 0.301. The Morgan fingerprint density at radius 3 is 2.68 bits per heavy atom. The summed E-state index contributed by atoms with van der Waals surface area (Å²) >= 11 is 5.94. The number of pyridine rings is 1. The second-order valence-electron chi connectivity index (χ2n) is 4.72. The number of halogens is 1. The maximum absolute atomic E-state index is 12.2. The van der Waals surface area contributed by atoms with Crippen LogP contribution in [0.2, 0.25) is 5.02 Å². The van der Waals surface area contributed by atoms with Crippen molar-refractivity contribution in [1.82, 2.24) is 4.57 Å². The number of hydrogen-bond acceptors (Lipinski definition) is 3. The number of aromatic nitrogens is 1. The van der Waals surface area contributed by atoms with Gasteiger partial charge in [0.2, 0.25) is 0 Å². The van der Waals surface area contributed by atoms with Gasteiger partial charge in [-0.1, -0.05) is 18.5 Å². The Bertz CT molecular complexity index is 821. The van der Waals surface area contributed by atoms with Gasteiger partial charge in [-0.2, -0.15) is 5.26 Å². The molecule has 1 heterocycles. The van der Waals surface area contributed by atoms with E-state index in [1.807, 2.05) is 6.07 Å². The third-order valence-corrected chi connectivity index (χ3v) is 3.60. The van der Waals surface area contributed by atoms with Crippen molar-refractivity contribution >= 4 is 17.6 Å². The quantitative estimate of drug-likeness (QED) is 0.939. The third kappa shape index (κ3) is 3.02. The molecule has 0 aliphatic rings. The molecule has 0 spiro atoms. The van der Waals surface area contributed by atoms with Crippen molar-refractivity contribution in [3.8, 4) is 17.2 Å². The molecule has 0 bridgehead atoms. The molecule has 2 rings (SSSR count). The molecule has 0 fully saturated rings. The molecule has 1 atom stereocenters. The van der Waals surface area contributed by atoms with Crippen LogP contribution in [0, 0.1) is 11.3 Å². The van der Waals surface area contributed by atoms with E-state index in [1.165, 1.54) is 16.8 Å². The van der Waals surface area contributed by atoms with Gasteiger partial charge in [0, 0.05) is 22.8 Å². The van der Waals surface area contributed by atoms with Gasteiger partial charge in [-0.05, 0) is 36.2 Å². The maximum Gasteiger partial charge on any atom is 0.326 e. The standard InChI is InChI=1S/C16H13ClN2O3/c1-2-14(16(21)22)19-6-5-10(7-15(19)20)13-8-12(17)4-3-11(13)9-18/h3-8,14H,2H2,1H3,(H,21,22)/t14-/m1/s1. The molecular weight excluding hydrogens is 304 g/mol. The predicted molar refractivity (Wildman–Crippen MR) is 82.8 cm³/mol. The lowest BCUT2D eigenvalue weighted by molar-refractivity contribution is -0.141. The summed E-state index contributed by atoms with van der Waals surface area (Å²) in [5.41, 5.74) is 1.03. The van der Waals surface area contributed by atoms with Crippen LogP contribution in [-0.4, -0.2) is 15.6 Å². The molecule has 6 heteroatoms. The van der Waals surface area contributed by atoms with Gasteiger partial charge in [0.25, 0.3) is 5.56 Å². The fraction of sp³-hybridized carbons (Fsp3) is 0.188. The van der Waals surface area contributed by atoms with Crippen molar-refractivity contribution in [2.45, 2.75) is 19.4 Å². The highest BCUT2D eigenvalue weighted by atomic mass is 35.5. The number of hydrogen-bond donors (Lipinski definition) is 1. The fourth-order valence-electron chi connectivity index (χ4n) is 2.26. The first-order valence-electron chi connectivity index (χ1n) is 6.63. The molecule has 0 aliphatic carbocycles. The van der Waals surface area contributed by atoms with Gasteiger partial charge in [-0.15, -0.1) is 0 Å². The number of nitrogens with zero attached hydrogens (tertiary/aromatic N) is 2. The highest BCUT2D eigenvalue weighted by Gasteiger charge is 2.18. The van der Waals surface area contributed by atoms with E-state index in [9.17, 15) is 9.59 Å². The summed E-state index contributed by atoms with van der Waals surface area (Å²) in [5.74, 6) is -1.06. The van der Waals surface area contributed by atoms with E-state index in [0.29, 0.717) is 28.1 Å². The lowest BCUT2D eigenvalue weighted by Crippen LogP contribution is -2.28. The zero-order valence-corrected chi connectivity index (χ0v) is 12.5. The highest BCUT2D eigenvalue weighted by Crippen LogP contribution is 2.26. The summed E-state index contributed by atoms with van der Waals surface area (Å²) in [6.45, 7) is 1.70. The lowest BCUT2D eigenvalue weighted by Gasteiger charge is -2.14. The SMILES string of the molecule is CC[C@H](C(=O)O)n1ccc(-c2cc(Cl)ccc2C#N)cc1=O. The van der Waals surface area contributed by atoms with Crippen LogP contribution in [0.1, 0.15) is 24.9 Å². The topological polar surface area (TPSA) is 83.1 Å². The van der Waals surface area contributed by atoms with Crippen LogP contribution in [0.3, 0.4) is 0 Å². The zero-order valence-electron chi connectivity index (χ0n) is 11.8. The van der Waals surface area contributed by atoms with Crippen molar-refractivity contribution in [1.29, 1.82) is 5.26 Å². The Morgan fingerprint density at radius 1 is 1.41 bits per heavy atom. The molecule has 0 saturated heterocycles. The van der Waals surface area contributed by atoms with Crippen molar-refractivity contribution in [3.05, 3.63) is 57.5 Å². The minimum Gasteiger partial charge on any atom is -0.480 e. The van der Waals surface area contributed by atoms with E-state index in [1.54, 1.807) is 31.2 Å². The first-order chi connectivity index (χ1) is 10.5. The lowest BCUT2D eigenvalue weighted by atomic mass is 10.0. The molecule has 5 nitrogen and oxygen atoms in total. The molecule has 1 aromatic carbocycles. The van der Waals surface area contributed by atoms with E-state index in [4.69, 9.17) is 22.0 Å². The molecular formula is C16H13ClN2O3. The van der Waals surface area contributed by atoms with Crippen LogP contribution in [-0.2, 0) is 4.79 Å². The monoisotopic (exact) mass is 316 g/mol. The van der Waals surface area contributed by atoms with Gasteiger partial charge >= 0.3 is 5.97 Å². The van der Waals surface area contributed by atoms with Crippen molar-refractivity contribution in [2.24, 2.45) is 0 Å². The molecule has 0 saturated carbocycles. The summed E-state index contributed by atoms with van der Waals surface area (Å²) < 4.78 is 1.17. The summed E-state index contributed by atoms with van der Waals surface area (Å²) in [7, 11) is 0. The van der Waals surface area contributed by atoms with Crippen LogP contribution in [0.25, 0.3) is 11.1 Å². The molecule has 2 aromatic rings. The van der Waals surface area contributed by atoms with E-state index in [0.717, 1.165) is 0 Å². The first kappa shape index (κ1) is 15.8. The van der Waals surface area contributed by atoms with E-state index in [-0.39, 0.29) is 0 Å². The number of carboxylic acids is 1. The second-order valence-corrected chi connectivity index (χ2v) is 5.16. The van der Waals surface area contributed by atoms with E-state index >= 15 is 0 Å². The van der Waals surface area contributed by atoms with Gasteiger partial charge in [-0.25, -0.2) is 4.79 Å². The molecule has 0 amide bonds. The Hall–Kier alpha value is -2.58. The third-order valence-electron chi connectivity index (χ3n) is 3.37. The van der Waals surface area contributed by atoms with Gasteiger partial charge < -0.3 is 9.67 Å². The second kappa shape index (κ2) is 6.46. The summed E-state index contributed by atoms with van der Waals surface area (Å²) in [6, 6.07) is 8.85. The number of aliphatic carboxylic acids is 1. The van der Waals surface area contributed by atoms with Gasteiger partial charge in [0.15, 0.2) is 0 Å². The number of nitriles is 1. The van der Waals surface area contributed by atoms with Gasteiger partial charge in [0.05, 0.1) is 11.6 Å². The average Bonchev–Trinajstić information content (AvgIpc) is 2.49. The molecule has 112 valence electrons. The molecule has 22 heavy (non-hydrogen) atoms. The number of benzene rings is 1. The number of carboxylic acid groups (broad SMARTS) is 1. The van der Waals surface area contributed by atoms with Crippen LogP contribution in [0.5, 0.6) is 0 Å². The van der Waals surface area contributed by atoms with Crippen molar-refractivity contribution < 1.29 is 9.90 Å². The zero-order chi connectivity index (χ0) is 16.3. The highest BCUT2D eigenvalue weighted by molar-refractivity contribution is 6.30. The Morgan fingerprint density at radius 2 is 2.14 bits per heavy atom. The summed E-state index contributed by atoms with van der Waals surface area (Å²) in [5, 5.41) is 18.7. The molecule has 0 aliphatic heterocycles. The first-order valence-corrected chi connectivity index (χ1v) is 7.00. The van der Waals surface area contributed by atoms with Gasteiger partial charge in [0.1, 0.15) is 6.04 Å². The van der Waals surface area contributed by atoms with Crippen molar-refractivity contribution in [3.63, 3.8) is 0 Å².